The number of benzene rings is 1. The Kier molecular flexibility index (Phi) is 4.53. The molecule has 4 rings (SSSR count). The van der Waals surface area contributed by atoms with E-state index in [9.17, 15) is 4.79 Å². The maximum Gasteiger partial charge on any atom is 0.226 e. The number of rotatable bonds is 4. The maximum atomic E-state index is 12.4. The maximum absolute atomic E-state index is 12.4. The van der Waals surface area contributed by atoms with Crippen molar-refractivity contribution in [2.75, 3.05) is 11.9 Å². The van der Waals surface area contributed by atoms with Crippen LogP contribution in [0.5, 0.6) is 5.75 Å². The van der Waals surface area contributed by atoms with Crippen LogP contribution in [-0.4, -0.2) is 32.5 Å². The van der Waals surface area contributed by atoms with Gasteiger partial charge >= 0.3 is 0 Å². The molecule has 138 valence electrons. The molecule has 1 aromatic carbocycles. The molecule has 1 amide bonds. The summed E-state index contributed by atoms with van der Waals surface area (Å²) in [5, 5.41) is 15.8. The van der Waals surface area contributed by atoms with Crippen molar-refractivity contribution in [3.8, 4) is 11.6 Å². The molecular weight excluding hydrogens is 366 g/mol. The third-order valence-corrected chi connectivity index (χ3v) is 4.71. The molecular formula is C19H18ClN5O2. The molecule has 1 unspecified atom stereocenters. The molecule has 0 bridgehead atoms. The first-order valence-electron chi connectivity index (χ1n) is 8.68. The molecule has 1 aliphatic heterocycles. The number of halogens is 1. The standard InChI is InChI=1S/C19H18ClN5O2/c1-3-27-13-6-4-5-12(9-13)14-10-17(26)21-19-18(14)11(2)24-25(19)16-8-7-15(20)22-23-16/h4-9,14H,3,10H2,1-2H3,(H,21,26). The minimum atomic E-state index is -0.108. The summed E-state index contributed by atoms with van der Waals surface area (Å²) in [4.78, 5) is 12.4. The zero-order valence-electron chi connectivity index (χ0n) is 14.9. The molecule has 0 aliphatic carbocycles. The lowest BCUT2D eigenvalue weighted by molar-refractivity contribution is -0.116. The first-order chi connectivity index (χ1) is 13.1. The predicted molar refractivity (Wildman–Crippen MR) is 102 cm³/mol. The van der Waals surface area contributed by atoms with Crippen molar-refractivity contribution in [3.63, 3.8) is 0 Å². The topological polar surface area (TPSA) is 81.9 Å². The molecule has 3 aromatic rings. The number of nitrogens with one attached hydrogen (secondary N) is 1. The van der Waals surface area contributed by atoms with E-state index in [1.165, 1.54) is 0 Å². The van der Waals surface area contributed by atoms with Crippen LogP contribution < -0.4 is 10.1 Å². The van der Waals surface area contributed by atoms with Crippen molar-refractivity contribution in [3.05, 3.63) is 58.4 Å². The van der Waals surface area contributed by atoms with Gasteiger partial charge in [0.25, 0.3) is 0 Å². The lowest BCUT2D eigenvalue weighted by atomic mass is 9.86. The van der Waals surface area contributed by atoms with E-state index in [1.54, 1.807) is 16.8 Å². The molecule has 0 spiro atoms. The second-order valence-corrected chi connectivity index (χ2v) is 6.67. The van der Waals surface area contributed by atoms with Crippen LogP contribution in [0.4, 0.5) is 5.82 Å². The van der Waals surface area contributed by atoms with Gasteiger partial charge in [-0.3, -0.25) is 4.79 Å². The van der Waals surface area contributed by atoms with Crippen LogP contribution in [0.25, 0.3) is 5.82 Å². The summed E-state index contributed by atoms with van der Waals surface area (Å²) < 4.78 is 7.22. The van der Waals surface area contributed by atoms with Gasteiger partial charge in [0, 0.05) is 17.9 Å². The molecule has 7 nitrogen and oxygen atoms in total. The summed E-state index contributed by atoms with van der Waals surface area (Å²) in [5.74, 6) is 1.72. The van der Waals surface area contributed by atoms with Gasteiger partial charge in [-0.25, -0.2) is 0 Å². The van der Waals surface area contributed by atoms with Gasteiger partial charge in [-0.2, -0.15) is 9.78 Å². The molecule has 0 fully saturated rings. The van der Waals surface area contributed by atoms with Gasteiger partial charge in [0.15, 0.2) is 11.0 Å². The van der Waals surface area contributed by atoms with Gasteiger partial charge in [-0.05, 0) is 43.7 Å². The third-order valence-electron chi connectivity index (χ3n) is 4.51. The molecule has 8 heteroatoms. The fourth-order valence-electron chi connectivity index (χ4n) is 3.41. The Morgan fingerprint density at radius 1 is 1.30 bits per heavy atom. The largest absolute Gasteiger partial charge is 0.494 e. The van der Waals surface area contributed by atoms with Crippen molar-refractivity contribution in [2.24, 2.45) is 0 Å². The quantitative estimate of drug-likeness (QED) is 0.745. The number of carbonyl (C=O) groups excluding carboxylic acids is 1. The molecule has 2 aromatic heterocycles. The molecule has 1 aliphatic rings. The number of hydrogen-bond acceptors (Lipinski definition) is 5. The second kappa shape index (κ2) is 7.00. The number of aromatic nitrogens is 4. The van der Waals surface area contributed by atoms with Gasteiger partial charge in [-0.1, -0.05) is 23.7 Å². The number of anilines is 1. The number of nitrogens with zero attached hydrogens (tertiary/aromatic N) is 4. The minimum Gasteiger partial charge on any atom is -0.494 e. The summed E-state index contributed by atoms with van der Waals surface area (Å²) in [6.07, 6.45) is 0.349. The summed E-state index contributed by atoms with van der Waals surface area (Å²) in [6, 6.07) is 11.2. The van der Waals surface area contributed by atoms with Gasteiger partial charge in [0.2, 0.25) is 5.91 Å². The lowest BCUT2D eigenvalue weighted by Crippen LogP contribution is -2.25. The van der Waals surface area contributed by atoms with E-state index >= 15 is 0 Å². The van der Waals surface area contributed by atoms with Crippen LogP contribution in [0.1, 0.15) is 36.1 Å². The van der Waals surface area contributed by atoms with Gasteiger partial charge < -0.3 is 10.1 Å². The Labute approximate surface area is 161 Å². The first kappa shape index (κ1) is 17.5. The van der Waals surface area contributed by atoms with E-state index in [4.69, 9.17) is 16.3 Å². The summed E-state index contributed by atoms with van der Waals surface area (Å²) in [6.45, 7) is 4.46. The van der Waals surface area contributed by atoms with Crippen LogP contribution in [0.3, 0.4) is 0 Å². The second-order valence-electron chi connectivity index (χ2n) is 6.28. The Balaban J connectivity index is 1.82. The highest BCUT2D eigenvalue weighted by atomic mass is 35.5. The summed E-state index contributed by atoms with van der Waals surface area (Å²) in [5.41, 5.74) is 2.82. The van der Waals surface area contributed by atoms with Crippen molar-refractivity contribution >= 4 is 23.3 Å². The fourth-order valence-corrected chi connectivity index (χ4v) is 3.51. The number of carbonyl (C=O) groups is 1. The SMILES string of the molecule is CCOc1cccc(C2CC(=O)Nc3c2c(C)nn3-c2ccc(Cl)nn2)c1. The van der Waals surface area contributed by atoms with E-state index in [-0.39, 0.29) is 11.8 Å². The number of fused-ring (bicyclic) bond motifs is 1. The first-order valence-corrected chi connectivity index (χ1v) is 9.06. The van der Waals surface area contributed by atoms with E-state index in [2.05, 4.69) is 20.6 Å². The number of hydrogen-bond donors (Lipinski definition) is 1. The third kappa shape index (κ3) is 3.26. The fraction of sp³-hybridized carbons (Fsp3) is 0.263. The van der Waals surface area contributed by atoms with E-state index in [0.717, 1.165) is 22.6 Å². The zero-order chi connectivity index (χ0) is 19.0. The lowest BCUT2D eigenvalue weighted by Gasteiger charge is -2.24. The van der Waals surface area contributed by atoms with E-state index < -0.39 is 0 Å². The molecule has 3 heterocycles. The van der Waals surface area contributed by atoms with Crippen LogP contribution in [-0.2, 0) is 4.79 Å². The van der Waals surface area contributed by atoms with Crippen molar-refractivity contribution in [1.82, 2.24) is 20.0 Å². The van der Waals surface area contributed by atoms with Crippen molar-refractivity contribution < 1.29 is 9.53 Å². The number of amides is 1. The van der Waals surface area contributed by atoms with Gasteiger partial charge in [-0.15, -0.1) is 10.2 Å². The average Bonchev–Trinajstić information content (AvgIpc) is 2.99. The predicted octanol–water partition coefficient (Wildman–Crippen LogP) is 3.50. The Morgan fingerprint density at radius 3 is 2.89 bits per heavy atom. The van der Waals surface area contributed by atoms with Crippen LogP contribution in [0.15, 0.2) is 36.4 Å². The molecule has 1 atom stereocenters. The Morgan fingerprint density at radius 2 is 2.15 bits per heavy atom. The molecule has 0 radical (unpaired) electrons. The molecule has 0 saturated heterocycles. The van der Waals surface area contributed by atoms with E-state index in [0.29, 0.717) is 29.8 Å². The Bertz CT molecular complexity index is 1000. The molecule has 0 saturated carbocycles. The number of ether oxygens (including phenoxy) is 1. The van der Waals surface area contributed by atoms with Gasteiger partial charge in [0.1, 0.15) is 11.6 Å². The Hall–Kier alpha value is -2.93. The minimum absolute atomic E-state index is 0.0719. The van der Waals surface area contributed by atoms with Crippen LogP contribution >= 0.6 is 11.6 Å². The smallest absolute Gasteiger partial charge is 0.226 e. The normalized spacial score (nSPS) is 16.0. The average molecular weight is 384 g/mol. The summed E-state index contributed by atoms with van der Waals surface area (Å²) >= 11 is 5.83. The zero-order valence-corrected chi connectivity index (χ0v) is 15.7. The van der Waals surface area contributed by atoms with Crippen LogP contribution in [0, 0.1) is 6.92 Å². The molecule has 1 N–H and O–H groups in total. The van der Waals surface area contributed by atoms with Crippen molar-refractivity contribution in [1.29, 1.82) is 0 Å². The highest BCUT2D eigenvalue weighted by Crippen LogP contribution is 2.40. The van der Waals surface area contributed by atoms with Crippen LogP contribution in [0.2, 0.25) is 5.15 Å². The summed E-state index contributed by atoms with van der Waals surface area (Å²) in [7, 11) is 0. The highest BCUT2D eigenvalue weighted by molar-refractivity contribution is 6.29. The van der Waals surface area contributed by atoms with Gasteiger partial charge in [0.05, 0.1) is 12.3 Å². The molecule has 27 heavy (non-hydrogen) atoms. The number of aryl methyl sites for hydroxylation is 1. The van der Waals surface area contributed by atoms with Crippen molar-refractivity contribution in [2.45, 2.75) is 26.2 Å². The van der Waals surface area contributed by atoms with E-state index in [1.807, 2.05) is 38.1 Å². The highest BCUT2D eigenvalue weighted by Gasteiger charge is 2.33. The monoisotopic (exact) mass is 383 g/mol.